The molecule has 0 aliphatic heterocycles. The molecule has 0 aromatic heterocycles. The maximum absolute atomic E-state index is 11.7. The molecule has 1 radical (unpaired) electrons. The lowest BCUT2D eigenvalue weighted by Crippen LogP contribution is -2.28. The molecule has 2 rings (SSSR count). The summed E-state index contributed by atoms with van der Waals surface area (Å²) in [7, 11) is 0. The third kappa shape index (κ3) is 4.12. The topological polar surface area (TPSA) is 58.2 Å². The van der Waals surface area contributed by atoms with Crippen LogP contribution in [0.3, 0.4) is 0 Å². The van der Waals surface area contributed by atoms with Gasteiger partial charge in [0.2, 0.25) is 0 Å². The molecule has 0 spiro atoms. The largest absolute Gasteiger partial charge is 0.445 e. The molecule has 0 saturated heterocycles. The quantitative estimate of drug-likeness (QED) is 0.855. The first-order valence-electron chi connectivity index (χ1n) is 5.93. The Morgan fingerprint density at radius 3 is 2.21 bits per heavy atom. The number of benzene rings is 2. The van der Waals surface area contributed by atoms with Crippen LogP contribution in [0.15, 0.2) is 60.7 Å². The number of hydrogen-bond acceptors (Lipinski definition) is 2. The van der Waals surface area contributed by atoms with Crippen LogP contribution in [0.25, 0.3) is 0 Å². The lowest BCUT2D eigenvalue weighted by atomic mass is 10.2. The lowest BCUT2D eigenvalue weighted by Gasteiger charge is -2.11. The highest BCUT2D eigenvalue weighted by molar-refractivity contribution is 5.67. The van der Waals surface area contributed by atoms with Crippen molar-refractivity contribution >= 4 is 6.09 Å². The maximum atomic E-state index is 11.7. The molecular weight excluding hydrogens is 242 g/mol. The van der Waals surface area contributed by atoms with E-state index in [1.807, 2.05) is 36.4 Å². The van der Waals surface area contributed by atoms with Crippen LogP contribution in [-0.4, -0.2) is 6.09 Å². The summed E-state index contributed by atoms with van der Waals surface area (Å²) in [5, 5.41) is 14.0. The first-order valence-corrected chi connectivity index (χ1v) is 5.93. The number of rotatable bonds is 4. The van der Waals surface area contributed by atoms with Crippen LogP contribution < -0.4 is 5.32 Å². The fraction of sp³-hybridized carbons (Fsp3) is 0.133. The van der Waals surface area contributed by atoms with Crippen molar-refractivity contribution in [3.63, 3.8) is 0 Å². The van der Waals surface area contributed by atoms with Crippen molar-refractivity contribution in [2.75, 3.05) is 0 Å². The van der Waals surface area contributed by atoms with E-state index in [2.05, 4.69) is 5.32 Å². The van der Waals surface area contributed by atoms with Crippen molar-refractivity contribution in [2.24, 2.45) is 0 Å². The van der Waals surface area contributed by atoms with Gasteiger partial charge in [-0.05, 0) is 5.56 Å². The van der Waals surface area contributed by atoms with Crippen LogP contribution in [0.5, 0.6) is 0 Å². The Balaban J connectivity index is 1.82. The van der Waals surface area contributed by atoms with E-state index in [1.165, 1.54) is 0 Å². The second-order valence-corrected chi connectivity index (χ2v) is 4.00. The predicted octanol–water partition coefficient (Wildman–Crippen LogP) is 3.04. The summed E-state index contributed by atoms with van der Waals surface area (Å²) in [6.07, 6.45) is -2.03. The van der Waals surface area contributed by atoms with E-state index in [1.54, 1.807) is 24.3 Å². The van der Waals surface area contributed by atoms with E-state index in [4.69, 9.17) is 4.74 Å². The minimum absolute atomic E-state index is 0.147. The fourth-order valence-electron chi connectivity index (χ4n) is 1.58. The lowest BCUT2D eigenvalue weighted by molar-refractivity contribution is 0.0472. The number of amides is 1. The summed E-state index contributed by atoms with van der Waals surface area (Å²) in [6.45, 7) is 0.147. The van der Waals surface area contributed by atoms with Gasteiger partial charge < -0.3 is 4.74 Å². The Bertz CT molecular complexity index is 513. The van der Waals surface area contributed by atoms with Gasteiger partial charge in [-0.2, -0.15) is 0 Å². The Labute approximate surface area is 111 Å². The molecule has 2 aromatic carbocycles. The van der Waals surface area contributed by atoms with Gasteiger partial charge in [-0.1, -0.05) is 60.7 Å². The molecule has 1 unspecified atom stereocenters. The van der Waals surface area contributed by atoms with Gasteiger partial charge in [0.05, 0.1) is 0 Å². The standard InChI is InChI=1S/C15H14NO3/c17-14(13-9-5-2-6-10-13)16-15(18)19-11-12-7-3-1-4-8-12/h1-10,14H,11H2,(H,16,18). The van der Waals surface area contributed by atoms with Crippen LogP contribution in [0.1, 0.15) is 17.4 Å². The molecule has 1 amide bonds. The molecule has 0 heterocycles. The monoisotopic (exact) mass is 256 g/mol. The van der Waals surface area contributed by atoms with Crippen molar-refractivity contribution < 1.29 is 14.6 Å². The molecule has 0 saturated carbocycles. The zero-order chi connectivity index (χ0) is 13.5. The van der Waals surface area contributed by atoms with Gasteiger partial charge in [-0.25, -0.2) is 9.90 Å². The minimum atomic E-state index is -1.32. The summed E-state index contributed by atoms with van der Waals surface area (Å²) in [4.78, 5) is 11.5. The highest BCUT2D eigenvalue weighted by atomic mass is 16.6. The van der Waals surface area contributed by atoms with Crippen molar-refractivity contribution in [1.82, 2.24) is 5.32 Å². The van der Waals surface area contributed by atoms with Crippen LogP contribution >= 0.6 is 0 Å². The van der Waals surface area contributed by atoms with Gasteiger partial charge in [-0.15, -0.1) is 0 Å². The predicted molar refractivity (Wildman–Crippen MR) is 69.6 cm³/mol. The number of alkyl carbamates (subject to hydrolysis) is 1. The molecule has 97 valence electrons. The second kappa shape index (κ2) is 6.56. The first-order chi connectivity index (χ1) is 9.25. The van der Waals surface area contributed by atoms with Crippen molar-refractivity contribution in [3.8, 4) is 0 Å². The molecular formula is C15H14NO3. The summed E-state index contributed by atoms with van der Waals surface area (Å²) < 4.78 is 4.97. The fourth-order valence-corrected chi connectivity index (χ4v) is 1.58. The zero-order valence-electron chi connectivity index (χ0n) is 10.3. The van der Waals surface area contributed by atoms with E-state index in [0.717, 1.165) is 5.56 Å². The molecule has 0 aliphatic carbocycles. The van der Waals surface area contributed by atoms with E-state index < -0.39 is 12.3 Å². The van der Waals surface area contributed by atoms with Crippen LogP contribution in [-0.2, 0) is 16.5 Å². The van der Waals surface area contributed by atoms with E-state index >= 15 is 0 Å². The van der Waals surface area contributed by atoms with Gasteiger partial charge in [0.15, 0.2) is 6.23 Å². The smallest absolute Gasteiger partial charge is 0.409 e. The summed E-state index contributed by atoms with van der Waals surface area (Å²) in [6, 6.07) is 17.9. The molecule has 19 heavy (non-hydrogen) atoms. The van der Waals surface area contributed by atoms with Crippen LogP contribution in [0, 0.1) is 0 Å². The van der Waals surface area contributed by atoms with E-state index in [0.29, 0.717) is 5.56 Å². The van der Waals surface area contributed by atoms with Gasteiger partial charge in [-0.3, -0.25) is 5.32 Å². The molecule has 1 atom stereocenters. The number of hydrogen-bond donors (Lipinski definition) is 1. The molecule has 4 nitrogen and oxygen atoms in total. The first kappa shape index (κ1) is 13.1. The van der Waals surface area contributed by atoms with Crippen LogP contribution in [0.2, 0.25) is 0 Å². The Hall–Kier alpha value is -2.33. The Morgan fingerprint density at radius 1 is 1.00 bits per heavy atom. The van der Waals surface area contributed by atoms with Gasteiger partial charge in [0, 0.05) is 5.56 Å². The minimum Gasteiger partial charge on any atom is -0.445 e. The van der Waals surface area contributed by atoms with Gasteiger partial charge >= 0.3 is 6.09 Å². The van der Waals surface area contributed by atoms with Gasteiger partial charge in [0.25, 0.3) is 0 Å². The normalized spacial score (nSPS) is 11.6. The maximum Gasteiger partial charge on any atom is 0.409 e. The third-order valence-electron chi connectivity index (χ3n) is 2.56. The average Bonchev–Trinajstić information content (AvgIpc) is 2.47. The Kier molecular flexibility index (Phi) is 4.53. The van der Waals surface area contributed by atoms with Crippen molar-refractivity contribution in [1.29, 1.82) is 0 Å². The summed E-state index contributed by atoms with van der Waals surface area (Å²) >= 11 is 0. The summed E-state index contributed by atoms with van der Waals surface area (Å²) in [5.41, 5.74) is 1.37. The number of carbonyl (C=O) groups is 1. The molecule has 2 aromatic rings. The summed E-state index contributed by atoms with van der Waals surface area (Å²) in [5.74, 6) is 0. The number of carbonyl (C=O) groups excluding carboxylic acids is 1. The second-order valence-electron chi connectivity index (χ2n) is 4.00. The van der Waals surface area contributed by atoms with E-state index in [9.17, 15) is 9.90 Å². The number of nitrogens with one attached hydrogen (secondary N) is 1. The highest BCUT2D eigenvalue weighted by Crippen LogP contribution is 2.10. The SMILES string of the molecule is [O]C(NC(=O)OCc1ccccc1)c1ccccc1. The van der Waals surface area contributed by atoms with E-state index in [-0.39, 0.29) is 6.61 Å². The molecule has 4 heteroatoms. The van der Waals surface area contributed by atoms with Crippen LogP contribution in [0.4, 0.5) is 4.79 Å². The molecule has 0 fully saturated rings. The average molecular weight is 256 g/mol. The highest BCUT2D eigenvalue weighted by Gasteiger charge is 2.13. The zero-order valence-corrected chi connectivity index (χ0v) is 10.3. The Morgan fingerprint density at radius 2 is 1.58 bits per heavy atom. The molecule has 1 N–H and O–H groups in total. The van der Waals surface area contributed by atoms with Crippen molar-refractivity contribution in [3.05, 3.63) is 71.8 Å². The van der Waals surface area contributed by atoms with Crippen molar-refractivity contribution in [2.45, 2.75) is 12.8 Å². The molecule has 0 bridgehead atoms. The molecule has 0 aliphatic rings. The third-order valence-corrected chi connectivity index (χ3v) is 2.56. The van der Waals surface area contributed by atoms with Gasteiger partial charge in [0.1, 0.15) is 6.61 Å². The number of ether oxygens (including phenoxy) is 1.